The maximum atomic E-state index is 10.9. The first-order valence-corrected chi connectivity index (χ1v) is 8.15. The van der Waals surface area contributed by atoms with Gasteiger partial charge in [-0.05, 0) is 6.92 Å². The molecule has 0 saturated carbocycles. The summed E-state index contributed by atoms with van der Waals surface area (Å²) in [4.78, 5) is 25.4. The standard InChI is InChI=1S/C5H13BrO8P2.3Na/c1-5(7,4-6)2-3-13-16(11,12)14-15(8,9)10;;;/h7H,2-4H2,1H3,(H,11,12)(H2,8,9,10);;;. The van der Waals surface area contributed by atoms with Crippen LogP contribution in [-0.2, 0) is 18.0 Å². The van der Waals surface area contributed by atoms with Crippen molar-refractivity contribution in [2.75, 3.05) is 11.9 Å². The van der Waals surface area contributed by atoms with Gasteiger partial charge in [0, 0.05) is 100 Å². The third kappa shape index (κ3) is 19.7. The van der Waals surface area contributed by atoms with Crippen LogP contribution in [0, 0.1) is 0 Å². The van der Waals surface area contributed by atoms with Crippen LogP contribution >= 0.6 is 31.6 Å². The second-order valence-corrected chi connectivity index (χ2v) is 6.64. The fourth-order valence-corrected chi connectivity index (χ4v) is 2.47. The molecule has 0 aliphatic rings. The molecule has 0 amide bonds. The summed E-state index contributed by atoms with van der Waals surface area (Å²) in [5.41, 5.74) is -1.15. The van der Waals surface area contributed by atoms with Crippen molar-refractivity contribution in [3.05, 3.63) is 0 Å². The van der Waals surface area contributed by atoms with Gasteiger partial charge in [0.15, 0.2) is 0 Å². The van der Waals surface area contributed by atoms with Crippen molar-refractivity contribution in [2.24, 2.45) is 0 Å². The molecule has 0 heterocycles. The van der Waals surface area contributed by atoms with Crippen molar-refractivity contribution >= 4 is 120 Å². The molecule has 0 spiro atoms. The van der Waals surface area contributed by atoms with Crippen molar-refractivity contribution in [3.63, 3.8) is 0 Å². The molecule has 0 bridgehead atoms. The van der Waals surface area contributed by atoms with Crippen LogP contribution < -0.4 is 0 Å². The molecule has 14 heteroatoms. The number of phosphoric ester groups is 1. The Hall–Kier alpha value is 3.70. The fourth-order valence-electron chi connectivity index (χ4n) is 0.606. The summed E-state index contributed by atoms with van der Waals surface area (Å²) in [6, 6.07) is 0. The van der Waals surface area contributed by atoms with Gasteiger partial charge in [0.05, 0.1) is 12.2 Å². The van der Waals surface area contributed by atoms with Gasteiger partial charge in [0.2, 0.25) is 0 Å². The number of halogens is 1. The second kappa shape index (κ2) is 13.0. The molecule has 0 saturated heterocycles. The summed E-state index contributed by atoms with van der Waals surface area (Å²) >= 11 is 3.01. The number of rotatable bonds is 7. The van der Waals surface area contributed by atoms with Gasteiger partial charge in [0.1, 0.15) is 0 Å². The molecule has 3 radical (unpaired) electrons. The Morgan fingerprint density at radius 2 is 1.58 bits per heavy atom. The zero-order valence-electron chi connectivity index (χ0n) is 11.3. The van der Waals surface area contributed by atoms with E-state index in [-0.39, 0.29) is 107 Å². The van der Waals surface area contributed by atoms with Crippen LogP contribution in [0.5, 0.6) is 0 Å². The average molecular weight is 412 g/mol. The van der Waals surface area contributed by atoms with E-state index in [0.29, 0.717) is 0 Å². The molecular formula is C5H13BrNa3O8P2. The van der Waals surface area contributed by atoms with Crippen LogP contribution in [0.3, 0.4) is 0 Å². The number of alkyl halides is 1. The number of hydrogen-bond donors (Lipinski definition) is 4. The molecule has 0 aliphatic heterocycles. The predicted molar refractivity (Wildman–Crippen MR) is 75.2 cm³/mol. The maximum Gasteiger partial charge on any atom is 0.481 e. The molecule has 0 aromatic carbocycles. The van der Waals surface area contributed by atoms with Crippen LogP contribution in [0.4, 0.5) is 0 Å². The third-order valence-corrected chi connectivity index (χ3v) is 4.79. The van der Waals surface area contributed by atoms with Crippen molar-refractivity contribution in [1.29, 1.82) is 0 Å². The SMILES string of the molecule is CC(O)(CBr)CCOP(=O)(O)OP(=O)(O)O.[Na].[Na].[Na]. The molecular weight excluding hydrogens is 399 g/mol. The van der Waals surface area contributed by atoms with Gasteiger partial charge in [-0.3, -0.25) is 4.52 Å². The Bertz CT molecular complexity index is 324. The molecule has 0 aliphatic carbocycles. The first-order chi connectivity index (χ1) is 6.97. The van der Waals surface area contributed by atoms with Gasteiger partial charge < -0.3 is 19.8 Å². The topological polar surface area (TPSA) is 134 Å². The van der Waals surface area contributed by atoms with Gasteiger partial charge in [-0.2, -0.15) is 4.31 Å². The maximum absolute atomic E-state index is 10.9. The smallest absolute Gasteiger partial charge is 0.389 e. The molecule has 101 valence electrons. The minimum Gasteiger partial charge on any atom is -0.389 e. The van der Waals surface area contributed by atoms with E-state index in [0.717, 1.165) is 0 Å². The largest absolute Gasteiger partial charge is 0.481 e. The van der Waals surface area contributed by atoms with Crippen molar-refractivity contribution in [1.82, 2.24) is 0 Å². The van der Waals surface area contributed by atoms with E-state index in [1.54, 1.807) is 0 Å². The van der Waals surface area contributed by atoms with Crippen LogP contribution in [0.2, 0.25) is 0 Å². The van der Waals surface area contributed by atoms with Crippen LogP contribution in [0.1, 0.15) is 13.3 Å². The molecule has 4 N–H and O–H groups in total. The van der Waals surface area contributed by atoms with Gasteiger partial charge in [-0.15, -0.1) is 0 Å². The fraction of sp³-hybridized carbons (Fsp3) is 1.00. The summed E-state index contributed by atoms with van der Waals surface area (Å²) in [6.07, 6.45) is -0.00663. The minimum atomic E-state index is -5.08. The summed E-state index contributed by atoms with van der Waals surface area (Å²) in [7, 11) is -9.89. The summed E-state index contributed by atoms with van der Waals surface area (Å²) in [5, 5.41) is 9.68. The number of hydrogen-bond acceptors (Lipinski definition) is 5. The third-order valence-electron chi connectivity index (χ3n) is 1.39. The second-order valence-electron chi connectivity index (χ2n) is 3.25. The van der Waals surface area contributed by atoms with Crippen LogP contribution in [-0.4, -0.2) is 126 Å². The van der Waals surface area contributed by atoms with E-state index < -0.39 is 21.2 Å². The summed E-state index contributed by atoms with van der Waals surface area (Å²) in [6.45, 7) is 1.07. The summed E-state index contributed by atoms with van der Waals surface area (Å²) < 4.78 is 29.0. The molecule has 2 unspecified atom stereocenters. The minimum absolute atomic E-state index is 0. The predicted octanol–water partition coefficient (Wildman–Crippen LogP) is -0.394. The molecule has 19 heavy (non-hydrogen) atoms. The quantitative estimate of drug-likeness (QED) is 0.253. The average Bonchev–Trinajstić information content (AvgIpc) is 1.98. The molecule has 0 aromatic heterocycles. The normalized spacial score (nSPS) is 16.9. The number of phosphoric acid groups is 2. The molecule has 0 fully saturated rings. The molecule has 2 atom stereocenters. The molecule has 8 nitrogen and oxygen atoms in total. The monoisotopic (exact) mass is 411 g/mol. The molecule has 0 rings (SSSR count). The zero-order chi connectivity index (χ0) is 13.0. The van der Waals surface area contributed by atoms with Gasteiger partial charge in [0.25, 0.3) is 0 Å². The van der Waals surface area contributed by atoms with Gasteiger partial charge in [-0.25, -0.2) is 9.13 Å². The summed E-state index contributed by atoms with van der Waals surface area (Å²) in [5.74, 6) is 0. The van der Waals surface area contributed by atoms with E-state index >= 15 is 0 Å². The Labute approximate surface area is 186 Å². The van der Waals surface area contributed by atoms with Gasteiger partial charge >= 0.3 is 15.6 Å². The first-order valence-electron chi connectivity index (χ1n) is 4.00. The van der Waals surface area contributed by atoms with Crippen LogP contribution in [0.25, 0.3) is 0 Å². The Morgan fingerprint density at radius 1 is 1.16 bits per heavy atom. The number of aliphatic hydroxyl groups is 1. The molecule has 0 aromatic rings. The van der Waals surface area contributed by atoms with Crippen LogP contribution in [0.15, 0.2) is 0 Å². The Balaban J connectivity index is -0.000000375. The van der Waals surface area contributed by atoms with Crippen molar-refractivity contribution in [2.45, 2.75) is 18.9 Å². The zero-order valence-corrected chi connectivity index (χ0v) is 20.7. The first kappa shape index (κ1) is 30.6. The van der Waals surface area contributed by atoms with Crippen molar-refractivity contribution < 1.29 is 37.8 Å². The van der Waals surface area contributed by atoms with E-state index in [9.17, 15) is 14.2 Å². The van der Waals surface area contributed by atoms with E-state index in [4.69, 9.17) is 14.7 Å². The Kier molecular flexibility index (Phi) is 21.0. The Morgan fingerprint density at radius 3 is 1.89 bits per heavy atom. The van der Waals surface area contributed by atoms with E-state index in [1.165, 1.54) is 6.92 Å². The van der Waals surface area contributed by atoms with Crippen molar-refractivity contribution in [3.8, 4) is 0 Å². The van der Waals surface area contributed by atoms with E-state index in [2.05, 4.69) is 24.8 Å². The van der Waals surface area contributed by atoms with Gasteiger partial charge in [-0.1, -0.05) is 15.9 Å². The van der Waals surface area contributed by atoms with E-state index in [1.807, 2.05) is 0 Å².